The number of hydrogen-bond donors (Lipinski definition) is 2. The van der Waals surface area contributed by atoms with E-state index in [0.717, 1.165) is 34.8 Å². The van der Waals surface area contributed by atoms with Gasteiger partial charge in [-0.15, -0.1) is 0 Å². The number of benzene rings is 2. The van der Waals surface area contributed by atoms with Crippen LogP contribution in [-0.2, 0) is 11.0 Å². The Balaban J connectivity index is 1.63. The number of carbonyl (C=O) groups excluding carboxylic acids is 1. The molecule has 0 atom stereocenters. The third kappa shape index (κ3) is 4.31. The largest absolute Gasteiger partial charge is 0.416 e. The zero-order valence-corrected chi connectivity index (χ0v) is 15.0. The van der Waals surface area contributed by atoms with Crippen LogP contribution < -0.4 is 5.32 Å². The number of imidazole rings is 1. The Hall–Kier alpha value is -2.19. The summed E-state index contributed by atoms with van der Waals surface area (Å²) in [6, 6.07) is 8.57. The Morgan fingerprint density at radius 2 is 2.04 bits per heavy atom. The van der Waals surface area contributed by atoms with E-state index in [2.05, 4.69) is 15.3 Å². The number of nitrogens with one attached hydrogen (secondary N) is 2. The van der Waals surface area contributed by atoms with E-state index in [0.29, 0.717) is 5.16 Å². The molecule has 3 aromatic rings. The van der Waals surface area contributed by atoms with Crippen molar-refractivity contribution in [3.63, 3.8) is 0 Å². The summed E-state index contributed by atoms with van der Waals surface area (Å²) in [4.78, 5) is 19.5. The summed E-state index contributed by atoms with van der Waals surface area (Å²) in [5.41, 5.74) is 2.02. The number of halogens is 4. The highest BCUT2D eigenvalue weighted by atomic mass is 35.5. The van der Waals surface area contributed by atoms with Crippen molar-refractivity contribution >= 4 is 46.0 Å². The average Bonchev–Trinajstić information content (AvgIpc) is 2.96. The molecule has 1 aromatic heterocycles. The number of anilines is 1. The van der Waals surface area contributed by atoms with Gasteiger partial charge in [-0.25, -0.2) is 4.98 Å². The predicted molar refractivity (Wildman–Crippen MR) is 96.6 cm³/mol. The first-order valence-electron chi connectivity index (χ1n) is 7.48. The fourth-order valence-corrected chi connectivity index (χ4v) is 3.19. The molecular formula is C17H13ClF3N3OS. The van der Waals surface area contributed by atoms with Gasteiger partial charge in [0.15, 0.2) is 5.16 Å². The quantitative estimate of drug-likeness (QED) is 0.587. The van der Waals surface area contributed by atoms with Gasteiger partial charge >= 0.3 is 6.18 Å². The average molecular weight is 400 g/mol. The highest BCUT2D eigenvalue weighted by molar-refractivity contribution is 7.99. The molecule has 136 valence electrons. The second kappa shape index (κ2) is 7.20. The summed E-state index contributed by atoms with van der Waals surface area (Å²) in [7, 11) is 0. The lowest BCUT2D eigenvalue weighted by Gasteiger charge is -2.10. The first kappa shape index (κ1) is 18.6. The third-order valence-corrected chi connectivity index (χ3v) is 4.71. The van der Waals surface area contributed by atoms with Gasteiger partial charge in [0.2, 0.25) is 5.91 Å². The maximum Gasteiger partial charge on any atom is 0.416 e. The monoisotopic (exact) mass is 399 g/mol. The van der Waals surface area contributed by atoms with Crippen molar-refractivity contribution in [2.75, 3.05) is 11.1 Å². The van der Waals surface area contributed by atoms with Crippen molar-refractivity contribution in [2.45, 2.75) is 18.3 Å². The third-order valence-electron chi connectivity index (χ3n) is 3.53. The van der Waals surface area contributed by atoms with Crippen LogP contribution in [0.1, 0.15) is 11.1 Å². The highest BCUT2D eigenvalue weighted by Crippen LogP contribution is 2.33. The molecule has 1 heterocycles. The smallest absolute Gasteiger partial charge is 0.333 e. The van der Waals surface area contributed by atoms with E-state index in [1.807, 2.05) is 25.1 Å². The number of aromatic nitrogens is 2. The van der Waals surface area contributed by atoms with Crippen LogP contribution in [0, 0.1) is 6.92 Å². The molecule has 2 N–H and O–H groups in total. The minimum absolute atomic E-state index is 0.0379. The number of fused-ring (bicyclic) bond motifs is 1. The standard InChI is InChI=1S/C17H13ClF3N3OS/c1-9-2-4-13-14(6-9)24-16(23-13)26-8-15(25)22-12-5-3-10(7-11(12)18)17(19,20)21/h2-7H,8H2,1H3,(H,22,25)(H,23,24). The van der Waals surface area contributed by atoms with Gasteiger partial charge < -0.3 is 10.3 Å². The van der Waals surface area contributed by atoms with Crippen LogP contribution in [0.15, 0.2) is 41.6 Å². The van der Waals surface area contributed by atoms with Crippen molar-refractivity contribution in [1.29, 1.82) is 0 Å². The highest BCUT2D eigenvalue weighted by Gasteiger charge is 2.31. The Kier molecular flexibility index (Phi) is 5.15. The van der Waals surface area contributed by atoms with Crippen LogP contribution in [0.2, 0.25) is 5.02 Å². The van der Waals surface area contributed by atoms with Crippen LogP contribution in [0.5, 0.6) is 0 Å². The number of amides is 1. The van der Waals surface area contributed by atoms with Crippen LogP contribution in [0.25, 0.3) is 11.0 Å². The summed E-state index contributed by atoms with van der Waals surface area (Å²) in [6.45, 7) is 1.97. The fraction of sp³-hybridized carbons (Fsp3) is 0.176. The summed E-state index contributed by atoms with van der Waals surface area (Å²) in [6.07, 6.45) is -4.48. The molecule has 3 rings (SSSR count). The molecule has 0 aliphatic heterocycles. The lowest BCUT2D eigenvalue weighted by atomic mass is 10.2. The van der Waals surface area contributed by atoms with Crippen molar-refractivity contribution < 1.29 is 18.0 Å². The number of nitrogens with zero attached hydrogens (tertiary/aromatic N) is 1. The number of aromatic amines is 1. The van der Waals surface area contributed by atoms with Crippen molar-refractivity contribution in [3.8, 4) is 0 Å². The maximum atomic E-state index is 12.6. The van der Waals surface area contributed by atoms with Crippen molar-refractivity contribution in [2.24, 2.45) is 0 Å². The summed E-state index contributed by atoms with van der Waals surface area (Å²) in [5.74, 6) is -0.357. The van der Waals surface area contributed by atoms with Gasteiger partial charge in [-0.1, -0.05) is 29.4 Å². The molecule has 26 heavy (non-hydrogen) atoms. The van der Waals surface area contributed by atoms with Gasteiger partial charge in [0.05, 0.1) is 33.1 Å². The molecule has 0 saturated carbocycles. The van der Waals surface area contributed by atoms with Crippen LogP contribution in [0.3, 0.4) is 0 Å². The number of thioether (sulfide) groups is 1. The van der Waals surface area contributed by atoms with E-state index < -0.39 is 17.6 Å². The van der Waals surface area contributed by atoms with Gasteiger partial charge in [-0.2, -0.15) is 13.2 Å². The van der Waals surface area contributed by atoms with E-state index >= 15 is 0 Å². The van der Waals surface area contributed by atoms with Gasteiger partial charge in [0.25, 0.3) is 0 Å². The second-order valence-corrected chi connectivity index (χ2v) is 6.96. The number of aryl methyl sites for hydroxylation is 1. The number of hydrogen-bond acceptors (Lipinski definition) is 3. The first-order chi connectivity index (χ1) is 12.2. The summed E-state index contributed by atoms with van der Waals surface area (Å²) >= 11 is 7.02. The minimum atomic E-state index is -4.48. The lowest BCUT2D eigenvalue weighted by molar-refractivity contribution is -0.137. The molecular weight excluding hydrogens is 387 g/mol. The molecule has 0 aliphatic carbocycles. The predicted octanol–water partition coefficient (Wildman–Crippen LogP) is 5.27. The van der Waals surface area contributed by atoms with E-state index in [9.17, 15) is 18.0 Å². The SMILES string of the molecule is Cc1ccc2nc(SCC(=O)Nc3ccc(C(F)(F)F)cc3Cl)[nH]c2c1. The molecule has 0 unspecified atom stereocenters. The molecule has 0 bridgehead atoms. The second-order valence-electron chi connectivity index (χ2n) is 5.59. The van der Waals surface area contributed by atoms with Gasteiger partial charge in [-0.3, -0.25) is 4.79 Å². The molecule has 0 saturated heterocycles. The number of carbonyl (C=O) groups is 1. The van der Waals surface area contributed by atoms with E-state index in [-0.39, 0.29) is 16.5 Å². The molecule has 2 aromatic carbocycles. The Morgan fingerprint density at radius 1 is 1.27 bits per heavy atom. The molecule has 1 amide bonds. The van der Waals surface area contributed by atoms with Gasteiger partial charge in [-0.05, 0) is 42.8 Å². The zero-order valence-electron chi connectivity index (χ0n) is 13.4. The zero-order chi connectivity index (χ0) is 18.9. The lowest BCUT2D eigenvalue weighted by Crippen LogP contribution is -2.15. The fourth-order valence-electron chi connectivity index (χ4n) is 2.28. The molecule has 9 heteroatoms. The molecule has 0 aliphatic rings. The van der Waals surface area contributed by atoms with Crippen LogP contribution in [0.4, 0.5) is 18.9 Å². The number of H-pyrrole nitrogens is 1. The van der Waals surface area contributed by atoms with Gasteiger partial charge in [0, 0.05) is 0 Å². The number of rotatable bonds is 4. The van der Waals surface area contributed by atoms with Crippen LogP contribution >= 0.6 is 23.4 Å². The van der Waals surface area contributed by atoms with E-state index in [1.54, 1.807) is 0 Å². The topological polar surface area (TPSA) is 57.8 Å². The van der Waals surface area contributed by atoms with Crippen molar-refractivity contribution in [3.05, 3.63) is 52.5 Å². The first-order valence-corrected chi connectivity index (χ1v) is 8.84. The molecule has 4 nitrogen and oxygen atoms in total. The molecule has 0 fully saturated rings. The number of alkyl halides is 3. The normalized spacial score (nSPS) is 11.7. The minimum Gasteiger partial charge on any atom is -0.333 e. The molecule has 0 radical (unpaired) electrons. The van der Waals surface area contributed by atoms with E-state index in [1.165, 1.54) is 11.8 Å². The van der Waals surface area contributed by atoms with Crippen molar-refractivity contribution in [1.82, 2.24) is 9.97 Å². The Labute approximate surface area is 156 Å². The van der Waals surface area contributed by atoms with Gasteiger partial charge in [0.1, 0.15) is 0 Å². The summed E-state index contributed by atoms with van der Waals surface area (Å²) in [5, 5.41) is 2.91. The van der Waals surface area contributed by atoms with E-state index in [4.69, 9.17) is 11.6 Å². The summed E-state index contributed by atoms with van der Waals surface area (Å²) < 4.78 is 37.9. The maximum absolute atomic E-state index is 12.6. The molecule has 0 spiro atoms. The van der Waals surface area contributed by atoms with Crippen LogP contribution in [-0.4, -0.2) is 21.6 Å². The Bertz CT molecular complexity index is 972. The Morgan fingerprint density at radius 3 is 2.73 bits per heavy atom.